The number of carboxylic acids is 1. The summed E-state index contributed by atoms with van der Waals surface area (Å²) < 4.78 is 19.3. The van der Waals surface area contributed by atoms with Gasteiger partial charge in [0.25, 0.3) is 17.7 Å². The number of rotatable bonds is 8. The second-order valence-electron chi connectivity index (χ2n) is 8.83. The fraction of sp³-hybridized carbons (Fsp3) is 0.167. The lowest BCUT2D eigenvalue weighted by atomic mass is 10.1. The van der Waals surface area contributed by atoms with Gasteiger partial charge < -0.3 is 20.5 Å². The lowest BCUT2D eigenvalue weighted by molar-refractivity contribution is 0.0697. The predicted octanol–water partition coefficient (Wildman–Crippen LogP) is 5.40. The Morgan fingerprint density at radius 3 is 2.12 bits per heavy atom. The third kappa shape index (κ3) is 8.73. The van der Waals surface area contributed by atoms with Crippen LogP contribution < -0.4 is 15.4 Å². The molecule has 2 amide bonds. The Labute approximate surface area is 246 Å². The van der Waals surface area contributed by atoms with Gasteiger partial charge >= 0.3 is 5.97 Å². The average Bonchev–Trinajstić information content (AvgIpc) is 3.30. The van der Waals surface area contributed by atoms with Gasteiger partial charge in [-0.15, -0.1) is 0 Å². The quantitative estimate of drug-likeness (QED) is 0.248. The Kier molecular flexibility index (Phi) is 10.9. The van der Waals surface area contributed by atoms with Crippen molar-refractivity contribution >= 4 is 41.0 Å². The zero-order valence-electron chi connectivity index (χ0n) is 23.0. The maximum absolute atomic E-state index is 12.7. The first-order chi connectivity index (χ1) is 20.0. The molecule has 218 valence electrons. The molecule has 10 nitrogen and oxygen atoms in total. The molecule has 0 unspecified atom stereocenters. The molecule has 0 fully saturated rings. The van der Waals surface area contributed by atoms with Crippen molar-refractivity contribution < 1.29 is 33.4 Å². The van der Waals surface area contributed by atoms with Crippen molar-refractivity contribution in [1.82, 2.24) is 15.1 Å². The third-order valence-electron chi connectivity index (χ3n) is 5.64. The normalized spacial score (nSPS) is 10.2. The van der Waals surface area contributed by atoms with Crippen molar-refractivity contribution in [2.45, 2.75) is 20.8 Å². The summed E-state index contributed by atoms with van der Waals surface area (Å²) >= 11 is 5.85. The van der Waals surface area contributed by atoms with Crippen molar-refractivity contribution in [2.24, 2.45) is 0 Å². The Morgan fingerprint density at radius 2 is 1.55 bits per heavy atom. The summed E-state index contributed by atoms with van der Waals surface area (Å²) in [7, 11) is 0. The monoisotopic (exact) mass is 594 g/mol. The summed E-state index contributed by atoms with van der Waals surface area (Å²) in [5.41, 5.74) is 2.26. The third-order valence-corrected chi connectivity index (χ3v) is 5.88. The molecule has 1 heterocycles. The van der Waals surface area contributed by atoms with Crippen LogP contribution in [-0.4, -0.2) is 51.7 Å². The van der Waals surface area contributed by atoms with E-state index in [1.54, 1.807) is 44.2 Å². The van der Waals surface area contributed by atoms with E-state index in [0.29, 0.717) is 34.2 Å². The van der Waals surface area contributed by atoms with E-state index in [9.17, 15) is 23.6 Å². The van der Waals surface area contributed by atoms with E-state index in [0.717, 1.165) is 5.69 Å². The lowest BCUT2D eigenvalue weighted by Gasteiger charge is -2.09. The molecule has 3 N–H and O–H groups in total. The highest BCUT2D eigenvalue weighted by Gasteiger charge is 2.15. The molecule has 4 rings (SSSR count). The van der Waals surface area contributed by atoms with Crippen molar-refractivity contribution in [3.63, 3.8) is 0 Å². The molecule has 1 aromatic heterocycles. The zero-order chi connectivity index (χ0) is 30.8. The molecule has 0 saturated carbocycles. The van der Waals surface area contributed by atoms with Crippen molar-refractivity contribution in [3.05, 3.63) is 112 Å². The molecule has 0 spiro atoms. The molecule has 3 aromatic carbocycles. The molecule has 12 heteroatoms. The number of carbonyl (C=O) groups is 4. The van der Waals surface area contributed by atoms with Crippen molar-refractivity contribution in [1.29, 1.82) is 0 Å². The van der Waals surface area contributed by atoms with Crippen LogP contribution in [0.5, 0.6) is 5.75 Å². The maximum Gasteiger partial charge on any atom is 0.337 e. The van der Waals surface area contributed by atoms with E-state index < -0.39 is 23.6 Å². The summed E-state index contributed by atoms with van der Waals surface area (Å²) in [4.78, 5) is 47.0. The molecule has 0 saturated heterocycles. The number of anilines is 1. The molecule has 0 bridgehead atoms. The predicted molar refractivity (Wildman–Crippen MR) is 155 cm³/mol. The van der Waals surface area contributed by atoms with E-state index in [-0.39, 0.29) is 23.7 Å². The SMILES string of the molecule is CCOc1ccc(C(=O)Nc2cc(Cl)ccc2C(=O)O)cc1.Cc1cc(C)n(C(=O)CNC(=O)c2ccc(F)cc2)n1. The van der Waals surface area contributed by atoms with Gasteiger partial charge in [0.2, 0.25) is 0 Å². The van der Waals surface area contributed by atoms with Gasteiger partial charge in [0.05, 0.1) is 30.1 Å². The van der Waals surface area contributed by atoms with Crippen molar-refractivity contribution in [2.75, 3.05) is 18.5 Å². The minimum atomic E-state index is -1.14. The standard InChI is InChI=1S/C16H14ClNO4.C14H14FN3O2/c1-2-22-12-6-3-10(4-7-12)15(19)18-14-9-11(17)5-8-13(14)16(20)21;1-9-7-10(2)18(17-9)13(19)8-16-14(20)11-3-5-12(15)6-4-11/h3-9H,2H2,1H3,(H,18,19)(H,20,21);3-7H,8H2,1-2H3,(H,16,20). The minimum Gasteiger partial charge on any atom is -0.494 e. The fourth-order valence-corrected chi connectivity index (χ4v) is 3.86. The summed E-state index contributed by atoms with van der Waals surface area (Å²) in [5.74, 6) is -2.08. The van der Waals surface area contributed by atoms with Gasteiger partial charge in [-0.3, -0.25) is 14.4 Å². The van der Waals surface area contributed by atoms with Gasteiger partial charge in [0, 0.05) is 21.8 Å². The number of amides is 2. The highest BCUT2D eigenvalue weighted by molar-refractivity contribution is 6.31. The molecular formula is C30H28ClFN4O6. The fourth-order valence-electron chi connectivity index (χ4n) is 3.69. The highest BCUT2D eigenvalue weighted by Crippen LogP contribution is 2.22. The Balaban J connectivity index is 0.000000231. The lowest BCUT2D eigenvalue weighted by Crippen LogP contribution is -2.33. The van der Waals surface area contributed by atoms with E-state index in [4.69, 9.17) is 21.4 Å². The van der Waals surface area contributed by atoms with Gasteiger partial charge in [0.15, 0.2) is 0 Å². The molecule has 0 aliphatic heterocycles. The van der Waals surface area contributed by atoms with Crippen LogP contribution in [0.3, 0.4) is 0 Å². The van der Waals surface area contributed by atoms with Crippen LogP contribution in [0.25, 0.3) is 0 Å². The van der Waals surface area contributed by atoms with Gasteiger partial charge in [-0.2, -0.15) is 5.10 Å². The number of aromatic carboxylic acids is 1. The first-order valence-electron chi connectivity index (χ1n) is 12.7. The maximum atomic E-state index is 12.7. The van der Waals surface area contributed by atoms with Gasteiger partial charge in [-0.25, -0.2) is 13.9 Å². The first kappa shape index (κ1) is 31.5. The number of nitrogens with zero attached hydrogens (tertiary/aromatic N) is 2. The Morgan fingerprint density at radius 1 is 0.929 bits per heavy atom. The van der Waals surface area contributed by atoms with Crippen LogP contribution >= 0.6 is 11.6 Å². The number of hydrogen-bond donors (Lipinski definition) is 3. The number of hydrogen-bond acceptors (Lipinski definition) is 6. The molecule has 0 aliphatic rings. The van der Waals surface area contributed by atoms with E-state index in [1.165, 1.54) is 47.1 Å². The van der Waals surface area contributed by atoms with Gasteiger partial charge in [0.1, 0.15) is 11.6 Å². The van der Waals surface area contributed by atoms with Crippen LogP contribution in [-0.2, 0) is 0 Å². The smallest absolute Gasteiger partial charge is 0.337 e. The number of aryl methyl sites for hydroxylation is 2. The summed E-state index contributed by atoms with van der Waals surface area (Å²) in [6.45, 7) is 5.79. The number of benzene rings is 3. The molecule has 4 aromatic rings. The van der Waals surface area contributed by atoms with Gasteiger partial charge in [-0.05, 0) is 93.6 Å². The number of nitrogens with one attached hydrogen (secondary N) is 2. The van der Waals surface area contributed by atoms with E-state index >= 15 is 0 Å². The van der Waals surface area contributed by atoms with Gasteiger partial charge in [-0.1, -0.05) is 11.6 Å². The second-order valence-corrected chi connectivity index (χ2v) is 9.27. The zero-order valence-corrected chi connectivity index (χ0v) is 23.7. The van der Waals surface area contributed by atoms with Crippen LogP contribution in [0.2, 0.25) is 5.02 Å². The molecule has 0 atom stereocenters. The molecule has 0 aliphatic carbocycles. The highest BCUT2D eigenvalue weighted by atomic mass is 35.5. The summed E-state index contributed by atoms with van der Waals surface area (Å²) in [6, 6.07) is 17.6. The number of carboxylic acid groups (broad SMARTS) is 1. The number of ether oxygens (including phenoxy) is 1. The summed E-state index contributed by atoms with van der Waals surface area (Å²) in [6.07, 6.45) is 0. The molecular weight excluding hydrogens is 567 g/mol. The number of halogens is 2. The van der Waals surface area contributed by atoms with Crippen LogP contribution in [0.1, 0.15) is 54.2 Å². The number of aromatic nitrogens is 2. The topological polar surface area (TPSA) is 140 Å². The van der Waals surface area contributed by atoms with Crippen LogP contribution in [0.15, 0.2) is 72.8 Å². The minimum absolute atomic E-state index is 0.0244. The molecule has 42 heavy (non-hydrogen) atoms. The average molecular weight is 595 g/mol. The Bertz CT molecular complexity index is 1590. The molecule has 0 radical (unpaired) electrons. The Hall–Kier alpha value is -5.03. The van der Waals surface area contributed by atoms with Crippen LogP contribution in [0.4, 0.5) is 10.1 Å². The van der Waals surface area contributed by atoms with Crippen molar-refractivity contribution in [3.8, 4) is 5.75 Å². The summed E-state index contributed by atoms with van der Waals surface area (Å²) in [5, 5.41) is 18.5. The largest absolute Gasteiger partial charge is 0.494 e. The second kappa shape index (κ2) is 14.6. The van der Waals surface area contributed by atoms with E-state index in [1.807, 2.05) is 6.92 Å². The number of carbonyl (C=O) groups excluding carboxylic acids is 3. The van der Waals surface area contributed by atoms with Crippen LogP contribution in [0, 0.1) is 19.7 Å². The first-order valence-corrected chi connectivity index (χ1v) is 13.0. The van der Waals surface area contributed by atoms with E-state index in [2.05, 4.69) is 15.7 Å².